The largest absolute Gasteiger partial charge is 0.395 e. The lowest BCUT2D eigenvalue weighted by atomic mass is 10.0. The Morgan fingerprint density at radius 1 is 1.02 bits per heavy atom. The Morgan fingerprint density at radius 3 is 2.69 bits per heavy atom. The Balaban J connectivity index is 1.13. The zero-order valence-electron chi connectivity index (χ0n) is 23.5. The third-order valence-corrected chi connectivity index (χ3v) is 7.97. The lowest BCUT2D eigenvalue weighted by Crippen LogP contribution is -2.47. The SMILES string of the molecule is N=C(C=Cc1ncc(-c2cccc(-c3ccnc(N4CCN(CCO)CC4)c3)n2)[nH]1)N1CCC[C@@H]1c1cccc(F)c1. The second kappa shape index (κ2) is 12.6. The average Bonchev–Trinajstić information content (AvgIpc) is 3.71. The average molecular weight is 567 g/mol. The summed E-state index contributed by atoms with van der Waals surface area (Å²) in [6.45, 7) is 5.21. The predicted molar refractivity (Wildman–Crippen MR) is 163 cm³/mol. The highest BCUT2D eigenvalue weighted by Gasteiger charge is 2.27. The topological polar surface area (TPSA) is 108 Å². The van der Waals surface area contributed by atoms with Gasteiger partial charge in [0, 0.05) is 51.0 Å². The molecule has 9 nitrogen and oxygen atoms in total. The number of aliphatic hydroxyl groups is 1. The predicted octanol–water partition coefficient (Wildman–Crippen LogP) is 4.61. The van der Waals surface area contributed by atoms with Crippen LogP contribution in [0.3, 0.4) is 0 Å². The Kier molecular flexibility index (Phi) is 8.34. The zero-order valence-corrected chi connectivity index (χ0v) is 23.5. The van der Waals surface area contributed by atoms with Crippen molar-refractivity contribution >= 4 is 17.7 Å². The van der Waals surface area contributed by atoms with Gasteiger partial charge in [-0.05, 0) is 67.0 Å². The van der Waals surface area contributed by atoms with E-state index in [0.29, 0.717) is 18.2 Å². The van der Waals surface area contributed by atoms with Crippen molar-refractivity contribution in [2.75, 3.05) is 50.8 Å². The summed E-state index contributed by atoms with van der Waals surface area (Å²) in [5.41, 5.74) is 4.30. The van der Waals surface area contributed by atoms with Crippen molar-refractivity contribution in [2.24, 2.45) is 0 Å². The fraction of sp³-hybridized carbons (Fsp3) is 0.312. The first-order valence-electron chi connectivity index (χ1n) is 14.4. The molecular formula is C32H35FN8O. The molecule has 0 bridgehead atoms. The number of piperazine rings is 1. The van der Waals surface area contributed by atoms with Gasteiger partial charge in [0.2, 0.25) is 0 Å². The summed E-state index contributed by atoms with van der Waals surface area (Å²) in [6.07, 6.45) is 8.98. The van der Waals surface area contributed by atoms with Crippen LogP contribution in [0, 0.1) is 11.2 Å². The minimum atomic E-state index is -0.250. The Morgan fingerprint density at radius 2 is 1.86 bits per heavy atom. The Hall–Kier alpha value is -4.41. The van der Waals surface area contributed by atoms with E-state index in [1.54, 1.807) is 30.5 Å². The number of nitrogens with zero attached hydrogens (tertiary/aromatic N) is 6. The number of aromatic nitrogens is 4. The second-order valence-electron chi connectivity index (χ2n) is 10.7. The first kappa shape index (κ1) is 27.7. The van der Waals surface area contributed by atoms with Gasteiger partial charge in [-0.25, -0.2) is 19.3 Å². The quantitative estimate of drug-likeness (QED) is 0.211. The molecule has 0 radical (unpaired) electrons. The van der Waals surface area contributed by atoms with Crippen LogP contribution in [0.2, 0.25) is 0 Å². The highest BCUT2D eigenvalue weighted by molar-refractivity contribution is 5.94. The summed E-state index contributed by atoms with van der Waals surface area (Å²) in [5, 5.41) is 17.9. The maximum Gasteiger partial charge on any atom is 0.130 e. The molecule has 2 saturated heterocycles. The van der Waals surface area contributed by atoms with Gasteiger partial charge in [-0.3, -0.25) is 10.3 Å². The van der Waals surface area contributed by atoms with Gasteiger partial charge in [0.25, 0.3) is 0 Å². The number of nitrogens with one attached hydrogen (secondary N) is 2. The molecule has 0 amide bonds. The molecule has 10 heteroatoms. The maximum absolute atomic E-state index is 13.8. The molecule has 0 aliphatic carbocycles. The number of aromatic amines is 1. The van der Waals surface area contributed by atoms with Gasteiger partial charge in [0.05, 0.1) is 35.9 Å². The summed E-state index contributed by atoms with van der Waals surface area (Å²) < 4.78 is 13.8. The van der Waals surface area contributed by atoms with E-state index < -0.39 is 0 Å². The fourth-order valence-corrected chi connectivity index (χ4v) is 5.76. The van der Waals surface area contributed by atoms with E-state index in [1.165, 1.54) is 6.07 Å². The van der Waals surface area contributed by atoms with Gasteiger partial charge >= 0.3 is 0 Å². The molecule has 5 heterocycles. The molecule has 2 aliphatic rings. The van der Waals surface area contributed by atoms with Crippen LogP contribution in [0.25, 0.3) is 28.7 Å². The summed E-state index contributed by atoms with van der Waals surface area (Å²) in [4.78, 5) is 23.9. The maximum atomic E-state index is 13.8. The number of rotatable bonds is 8. The number of aliphatic hydroxyl groups excluding tert-OH is 1. The second-order valence-corrected chi connectivity index (χ2v) is 10.7. The molecule has 2 fully saturated rings. The molecule has 6 rings (SSSR count). The van der Waals surface area contributed by atoms with Gasteiger partial charge in [0.15, 0.2) is 0 Å². The number of H-pyrrole nitrogens is 1. The minimum absolute atomic E-state index is 0.00141. The van der Waals surface area contributed by atoms with E-state index in [4.69, 9.17) is 10.4 Å². The molecular weight excluding hydrogens is 531 g/mol. The number of likely N-dealkylation sites (tertiary alicyclic amines) is 1. The van der Waals surface area contributed by atoms with Gasteiger partial charge in [-0.1, -0.05) is 18.2 Å². The lowest BCUT2D eigenvalue weighted by molar-refractivity contribution is 0.188. The normalized spacial score (nSPS) is 17.8. The number of amidine groups is 1. The van der Waals surface area contributed by atoms with Crippen LogP contribution in [0.1, 0.15) is 30.3 Å². The van der Waals surface area contributed by atoms with Crippen molar-refractivity contribution in [2.45, 2.75) is 18.9 Å². The van der Waals surface area contributed by atoms with Crippen LogP contribution in [-0.2, 0) is 0 Å². The third-order valence-electron chi connectivity index (χ3n) is 7.97. The van der Waals surface area contributed by atoms with Crippen LogP contribution in [0.5, 0.6) is 0 Å². The number of β-amino-alcohol motifs (C(OH)–C–C–N with tert-alkyl or cyclic N) is 1. The smallest absolute Gasteiger partial charge is 0.130 e. The van der Waals surface area contributed by atoms with E-state index in [0.717, 1.165) is 79.6 Å². The minimum Gasteiger partial charge on any atom is -0.395 e. The van der Waals surface area contributed by atoms with Crippen molar-refractivity contribution in [3.05, 3.63) is 90.3 Å². The van der Waals surface area contributed by atoms with E-state index in [-0.39, 0.29) is 18.5 Å². The van der Waals surface area contributed by atoms with Crippen molar-refractivity contribution in [1.82, 2.24) is 29.7 Å². The standard InChI is InChI=1S/C32H35FN8O/c33-25-5-1-4-24(20-25)29-8-3-13-41(29)30(34)9-10-31-36-22-28(38-31)27-7-2-6-26(37-27)23-11-12-35-32(21-23)40-16-14-39(15-17-40)18-19-42/h1-2,4-7,9-12,20-22,29,34,42H,3,8,13-19H2,(H,36,38)/t29-/m1/s1. The van der Waals surface area contributed by atoms with E-state index in [2.05, 4.69) is 30.8 Å². The molecule has 0 spiro atoms. The number of anilines is 1. The van der Waals surface area contributed by atoms with E-state index in [1.807, 2.05) is 41.4 Å². The van der Waals surface area contributed by atoms with Crippen LogP contribution >= 0.6 is 0 Å². The van der Waals surface area contributed by atoms with Crippen LogP contribution in [0.15, 0.2) is 73.1 Å². The number of pyridine rings is 2. The van der Waals surface area contributed by atoms with E-state index >= 15 is 0 Å². The van der Waals surface area contributed by atoms with Crippen molar-refractivity contribution < 1.29 is 9.50 Å². The summed E-state index contributed by atoms with van der Waals surface area (Å²) in [6, 6.07) is 16.6. The van der Waals surface area contributed by atoms with Crippen molar-refractivity contribution in [1.29, 1.82) is 5.41 Å². The van der Waals surface area contributed by atoms with Gasteiger partial charge < -0.3 is 19.9 Å². The molecule has 216 valence electrons. The van der Waals surface area contributed by atoms with Crippen molar-refractivity contribution in [3.8, 4) is 22.6 Å². The molecule has 1 atom stereocenters. The van der Waals surface area contributed by atoms with Crippen LogP contribution < -0.4 is 4.90 Å². The molecule has 42 heavy (non-hydrogen) atoms. The van der Waals surface area contributed by atoms with Gasteiger partial charge in [0.1, 0.15) is 23.3 Å². The van der Waals surface area contributed by atoms with Crippen LogP contribution in [0.4, 0.5) is 10.2 Å². The Bertz CT molecular complexity index is 1560. The molecule has 1 aromatic carbocycles. The first-order valence-corrected chi connectivity index (χ1v) is 14.4. The lowest BCUT2D eigenvalue weighted by Gasteiger charge is -2.35. The molecule has 2 aliphatic heterocycles. The highest BCUT2D eigenvalue weighted by atomic mass is 19.1. The third kappa shape index (κ3) is 6.24. The molecule has 4 aromatic rings. The van der Waals surface area contributed by atoms with Crippen LogP contribution in [-0.4, -0.2) is 86.6 Å². The molecule has 3 aromatic heterocycles. The Labute approximate surface area is 244 Å². The summed E-state index contributed by atoms with van der Waals surface area (Å²) in [5.74, 6) is 1.69. The zero-order chi connectivity index (χ0) is 28.9. The van der Waals surface area contributed by atoms with Gasteiger partial charge in [-0.15, -0.1) is 0 Å². The molecule has 3 N–H and O–H groups in total. The fourth-order valence-electron chi connectivity index (χ4n) is 5.76. The molecule has 0 unspecified atom stereocenters. The number of benzene rings is 1. The number of halogens is 1. The number of hydrogen-bond acceptors (Lipinski definition) is 7. The number of hydrogen-bond donors (Lipinski definition) is 3. The van der Waals surface area contributed by atoms with Gasteiger partial charge in [-0.2, -0.15) is 0 Å². The monoisotopic (exact) mass is 566 g/mol. The van der Waals surface area contributed by atoms with E-state index in [9.17, 15) is 9.50 Å². The first-order chi connectivity index (χ1) is 20.6. The molecule has 0 saturated carbocycles. The number of imidazole rings is 1. The highest BCUT2D eigenvalue weighted by Crippen LogP contribution is 2.32. The summed E-state index contributed by atoms with van der Waals surface area (Å²) in [7, 11) is 0. The van der Waals surface area contributed by atoms with Crippen molar-refractivity contribution in [3.63, 3.8) is 0 Å². The summed E-state index contributed by atoms with van der Waals surface area (Å²) >= 11 is 0.